The van der Waals surface area contributed by atoms with Crippen LogP contribution in [0.3, 0.4) is 0 Å². The van der Waals surface area contributed by atoms with Crippen molar-refractivity contribution in [2.45, 2.75) is 94.8 Å². The molecule has 0 spiro atoms. The molecule has 0 bridgehead atoms. The van der Waals surface area contributed by atoms with Crippen LogP contribution in [0.15, 0.2) is 4.99 Å². The fourth-order valence-corrected chi connectivity index (χ4v) is 3.75. The van der Waals surface area contributed by atoms with E-state index in [0.29, 0.717) is 64.6 Å². The van der Waals surface area contributed by atoms with Gasteiger partial charge in [-0.1, -0.05) is 6.42 Å². The molecule has 0 saturated carbocycles. The average Bonchev–Trinajstić information content (AvgIpc) is 2.88. The molecule has 0 fully saturated rings. The van der Waals surface area contributed by atoms with Crippen molar-refractivity contribution in [3.05, 3.63) is 0 Å². The Morgan fingerprint density at radius 2 is 1.03 bits per heavy atom. The van der Waals surface area contributed by atoms with Crippen molar-refractivity contribution in [2.75, 3.05) is 26.2 Å². The van der Waals surface area contributed by atoms with Crippen molar-refractivity contribution in [2.24, 2.45) is 39.4 Å². The number of nitrogens with zero attached hydrogens (tertiary/aromatic N) is 1. The minimum atomic E-state index is -1.19. The number of amides is 3. The zero-order valence-corrected chi connectivity index (χ0v) is 22.9. The Morgan fingerprint density at radius 1 is 0.615 bits per heavy atom. The molecule has 0 unspecified atom stereocenters. The van der Waals surface area contributed by atoms with Crippen LogP contribution < -0.4 is 50.4 Å². The highest BCUT2D eigenvalue weighted by molar-refractivity contribution is 5.94. The van der Waals surface area contributed by atoms with E-state index in [9.17, 15) is 24.3 Å². The lowest BCUT2D eigenvalue weighted by atomic mass is 10.0. The molecule has 15 heteroatoms. The summed E-state index contributed by atoms with van der Waals surface area (Å²) >= 11 is 0. The Kier molecular flexibility index (Phi) is 20.2. The molecule has 0 aromatic heterocycles. The van der Waals surface area contributed by atoms with E-state index in [4.69, 9.17) is 34.4 Å². The highest BCUT2D eigenvalue weighted by Crippen LogP contribution is 2.08. The molecule has 0 rings (SSSR count). The van der Waals surface area contributed by atoms with Crippen molar-refractivity contribution in [1.29, 1.82) is 0 Å². The number of carbonyl (C=O) groups is 4. The SMILES string of the molecule is NCCCC[C@H](NC(=O)[C@H](CCCN=C(N)N)NC(=O)[C@H](CCCCN)NC(=O)[C@@H](N)CCCCN)C(=O)O. The van der Waals surface area contributed by atoms with Crippen LogP contribution in [0.5, 0.6) is 0 Å². The Bertz CT molecular complexity index is 764. The number of aliphatic carboxylic acids is 1. The van der Waals surface area contributed by atoms with Gasteiger partial charge in [-0.15, -0.1) is 0 Å². The van der Waals surface area contributed by atoms with Gasteiger partial charge in [0.05, 0.1) is 6.04 Å². The van der Waals surface area contributed by atoms with Gasteiger partial charge in [-0.05, 0) is 83.8 Å². The summed E-state index contributed by atoms with van der Waals surface area (Å²) < 4.78 is 0. The second kappa shape index (κ2) is 21.9. The molecule has 226 valence electrons. The van der Waals surface area contributed by atoms with Gasteiger partial charge in [0.15, 0.2) is 5.96 Å². The van der Waals surface area contributed by atoms with E-state index in [1.54, 1.807) is 0 Å². The number of carboxylic acids is 1. The standard InChI is InChI=1S/C24H50N10O5/c25-12-4-1-8-16(28)20(35)32-17(9-2-5-13-26)21(36)33-18(11-7-15-31-24(29)30)22(37)34-19(23(38)39)10-3-6-14-27/h16-19H,1-15,25-28H2,(H,32,35)(H,33,36)(H,34,37)(H,38,39)(H4,29,30,31)/t16-,17-,18-,19-/m0/s1. The minimum absolute atomic E-state index is 0.114. The molecule has 39 heavy (non-hydrogen) atoms. The number of nitrogens with one attached hydrogen (secondary N) is 3. The summed E-state index contributed by atoms with van der Waals surface area (Å²) in [5.41, 5.74) is 33.2. The zero-order valence-electron chi connectivity index (χ0n) is 22.9. The summed E-state index contributed by atoms with van der Waals surface area (Å²) in [5, 5.41) is 17.4. The number of hydrogen-bond acceptors (Lipinski definition) is 9. The zero-order chi connectivity index (χ0) is 29.6. The third-order valence-corrected chi connectivity index (χ3v) is 6.03. The third kappa shape index (κ3) is 17.2. The van der Waals surface area contributed by atoms with E-state index in [1.165, 1.54) is 0 Å². The van der Waals surface area contributed by atoms with Gasteiger partial charge >= 0.3 is 5.97 Å². The topological polar surface area (TPSA) is 293 Å². The number of guanidine groups is 1. The number of aliphatic imine (C=N–C) groups is 1. The van der Waals surface area contributed by atoms with Crippen LogP contribution in [-0.2, 0) is 19.2 Å². The Hall–Kier alpha value is -3.01. The molecule has 16 N–H and O–H groups in total. The highest BCUT2D eigenvalue weighted by Gasteiger charge is 2.30. The molecule has 15 nitrogen and oxygen atoms in total. The molecule has 0 aromatic carbocycles. The maximum absolute atomic E-state index is 13.3. The Morgan fingerprint density at radius 3 is 1.49 bits per heavy atom. The number of carbonyl (C=O) groups excluding carboxylic acids is 3. The van der Waals surface area contributed by atoms with Crippen LogP contribution in [-0.4, -0.2) is 85.1 Å². The summed E-state index contributed by atoms with van der Waals surface area (Å²) in [6.07, 6.45) is 5.04. The summed E-state index contributed by atoms with van der Waals surface area (Å²) in [7, 11) is 0. The molecular formula is C24H50N10O5. The first kappa shape index (κ1) is 36.0. The number of hydrogen-bond donors (Lipinski definition) is 10. The van der Waals surface area contributed by atoms with Crippen molar-refractivity contribution in [3.8, 4) is 0 Å². The maximum atomic E-state index is 13.3. The quantitative estimate of drug-likeness (QED) is 0.0349. The van der Waals surface area contributed by atoms with Gasteiger partial charge in [0.2, 0.25) is 17.7 Å². The van der Waals surface area contributed by atoms with E-state index in [1.807, 2.05) is 0 Å². The summed E-state index contributed by atoms with van der Waals surface area (Å²) in [5.74, 6) is -3.05. The second-order valence-corrected chi connectivity index (χ2v) is 9.43. The van der Waals surface area contributed by atoms with Crippen LogP contribution in [0.1, 0.15) is 70.6 Å². The van der Waals surface area contributed by atoms with Gasteiger partial charge in [-0.25, -0.2) is 4.79 Å². The predicted molar refractivity (Wildman–Crippen MR) is 150 cm³/mol. The summed E-state index contributed by atoms with van der Waals surface area (Å²) in [6, 6.07) is -4.01. The van der Waals surface area contributed by atoms with E-state index < -0.39 is 47.9 Å². The fraction of sp³-hybridized carbons (Fsp3) is 0.792. The lowest BCUT2D eigenvalue weighted by Gasteiger charge is -2.25. The van der Waals surface area contributed by atoms with Crippen molar-refractivity contribution in [3.63, 3.8) is 0 Å². The molecule has 0 radical (unpaired) electrons. The van der Waals surface area contributed by atoms with E-state index in [2.05, 4.69) is 20.9 Å². The van der Waals surface area contributed by atoms with Crippen LogP contribution in [0.4, 0.5) is 0 Å². The first-order valence-corrected chi connectivity index (χ1v) is 13.6. The van der Waals surface area contributed by atoms with E-state index >= 15 is 0 Å². The Labute approximate surface area is 230 Å². The summed E-state index contributed by atoms with van der Waals surface area (Å²) in [4.78, 5) is 54.6. The molecule has 0 aliphatic rings. The van der Waals surface area contributed by atoms with Gasteiger partial charge < -0.3 is 55.5 Å². The molecule has 0 heterocycles. The first-order valence-electron chi connectivity index (χ1n) is 13.6. The normalized spacial score (nSPS) is 13.9. The molecular weight excluding hydrogens is 508 g/mol. The molecule has 0 aliphatic heterocycles. The van der Waals surface area contributed by atoms with E-state index in [0.717, 1.165) is 6.42 Å². The summed E-state index contributed by atoms with van der Waals surface area (Å²) in [6.45, 7) is 1.51. The van der Waals surface area contributed by atoms with E-state index in [-0.39, 0.29) is 31.8 Å². The lowest BCUT2D eigenvalue weighted by molar-refractivity contribution is -0.142. The largest absolute Gasteiger partial charge is 0.480 e. The molecule has 3 amide bonds. The van der Waals surface area contributed by atoms with Crippen molar-refractivity contribution in [1.82, 2.24) is 16.0 Å². The third-order valence-electron chi connectivity index (χ3n) is 6.03. The number of carboxylic acid groups (broad SMARTS) is 1. The predicted octanol–water partition coefficient (Wildman–Crippen LogP) is -2.71. The first-order chi connectivity index (χ1) is 18.6. The van der Waals surface area contributed by atoms with Gasteiger partial charge in [0, 0.05) is 6.54 Å². The molecule has 0 saturated heterocycles. The minimum Gasteiger partial charge on any atom is -0.480 e. The molecule has 0 aromatic rings. The van der Waals surface area contributed by atoms with Crippen LogP contribution in [0.2, 0.25) is 0 Å². The van der Waals surface area contributed by atoms with Crippen molar-refractivity contribution >= 4 is 29.7 Å². The van der Waals surface area contributed by atoms with Crippen LogP contribution in [0, 0.1) is 0 Å². The van der Waals surface area contributed by atoms with Gasteiger partial charge in [0.1, 0.15) is 18.1 Å². The molecule has 4 atom stereocenters. The maximum Gasteiger partial charge on any atom is 0.326 e. The van der Waals surface area contributed by atoms with Crippen molar-refractivity contribution < 1.29 is 24.3 Å². The smallest absolute Gasteiger partial charge is 0.326 e. The lowest BCUT2D eigenvalue weighted by Crippen LogP contribution is -2.57. The van der Waals surface area contributed by atoms with Crippen LogP contribution >= 0.6 is 0 Å². The Balaban J connectivity index is 5.58. The fourth-order valence-electron chi connectivity index (χ4n) is 3.75. The van der Waals surface area contributed by atoms with Gasteiger partial charge in [-0.3, -0.25) is 19.4 Å². The van der Waals surface area contributed by atoms with Gasteiger partial charge in [0.25, 0.3) is 0 Å². The number of nitrogens with two attached hydrogens (primary N) is 6. The monoisotopic (exact) mass is 558 g/mol. The second-order valence-electron chi connectivity index (χ2n) is 9.43. The number of unbranched alkanes of at least 4 members (excludes halogenated alkanes) is 3. The van der Waals surface area contributed by atoms with Gasteiger partial charge in [-0.2, -0.15) is 0 Å². The highest BCUT2D eigenvalue weighted by atomic mass is 16.4. The average molecular weight is 559 g/mol. The molecule has 0 aliphatic carbocycles. The number of rotatable bonds is 23. The van der Waals surface area contributed by atoms with Crippen LogP contribution in [0.25, 0.3) is 0 Å².